The Labute approximate surface area is 196 Å². The molecular weight excluding hydrogens is 414 g/mol. The van der Waals surface area contributed by atoms with Crippen LogP contribution in [0.25, 0.3) is 59.8 Å². The van der Waals surface area contributed by atoms with Crippen LogP contribution < -0.4 is 0 Å². The number of nitrogens with zero attached hydrogens (tertiary/aromatic N) is 3. The lowest BCUT2D eigenvalue weighted by molar-refractivity contribution is 1.17. The topological polar surface area (TPSA) is 14.2 Å². The highest BCUT2D eigenvalue weighted by Crippen LogP contribution is 2.37. The standard InChI is InChI=1S/C31H19N3/c1-32-21-9-8-10-22(19-21)33-30-16-7-4-13-26(30)27-20-23(17-18-31(27)33)34-28-14-5-2-11-24(28)25-12-3-6-15-29(25)34/h2-20H. The molecule has 3 heteroatoms. The molecule has 0 aliphatic rings. The van der Waals surface area contributed by atoms with Gasteiger partial charge in [0.15, 0.2) is 5.69 Å². The number of hydrogen-bond acceptors (Lipinski definition) is 0. The van der Waals surface area contributed by atoms with Gasteiger partial charge in [-0.3, -0.25) is 0 Å². The van der Waals surface area contributed by atoms with E-state index in [2.05, 4.69) is 111 Å². The minimum absolute atomic E-state index is 0.644. The van der Waals surface area contributed by atoms with E-state index in [-0.39, 0.29) is 0 Å². The number of hydrogen-bond donors (Lipinski definition) is 0. The number of aromatic nitrogens is 2. The SMILES string of the molecule is [C-]#[N+]c1cccc(-n2c3ccccc3c3cc(-n4c5ccccc5c5ccccc54)ccc32)c1. The van der Waals surface area contributed by atoms with Crippen LogP contribution in [0.1, 0.15) is 0 Å². The van der Waals surface area contributed by atoms with Gasteiger partial charge in [0, 0.05) is 32.9 Å². The first-order valence-electron chi connectivity index (χ1n) is 11.3. The second kappa shape index (κ2) is 7.10. The van der Waals surface area contributed by atoms with Crippen molar-refractivity contribution in [3.8, 4) is 11.4 Å². The summed E-state index contributed by atoms with van der Waals surface area (Å²) in [5.41, 5.74) is 7.47. The summed E-state index contributed by atoms with van der Waals surface area (Å²) in [7, 11) is 0. The first-order valence-corrected chi connectivity index (χ1v) is 11.3. The van der Waals surface area contributed by atoms with Crippen molar-refractivity contribution >= 4 is 49.3 Å². The molecule has 2 aromatic heterocycles. The number of rotatable bonds is 2. The molecule has 0 radical (unpaired) electrons. The number of fused-ring (bicyclic) bond motifs is 6. The average molecular weight is 434 g/mol. The van der Waals surface area contributed by atoms with E-state index in [9.17, 15) is 0 Å². The Balaban J connectivity index is 1.57. The Kier molecular flexibility index (Phi) is 3.91. The van der Waals surface area contributed by atoms with Crippen molar-refractivity contribution in [1.82, 2.24) is 9.13 Å². The van der Waals surface area contributed by atoms with Crippen LogP contribution in [0.15, 0.2) is 115 Å². The van der Waals surface area contributed by atoms with Crippen molar-refractivity contribution in [1.29, 1.82) is 0 Å². The molecule has 7 aromatic rings. The Bertz CT molecular complexity index is 1870. The van der Waals surface area contributed by atoms with Gasteiger partial charge in [0.2, 0.25) is 0 Å². The molecule has 0 fully saturated rings. The summed E-state index contributed by atoms with van der Waals surface area (Å²) in [6.07, 6.45) is 0. The third-order valence-electron chi connectivity index (χ3n) is 6.71. The first kappa shape index (κ1) is 18.7. The van der Waals surface area contributed by atoms with Crippen LogP contribution in [0.5, 0.6) is 0 Å². The van der Waals surface area contributed by atoms with Crippen molar-refractivity contribution in [3.05, 3.63) is 127 Å². The molecule has 0 aliphatic carbocycles. The molecule has 0 saturated carbocycles. The second-order valence-corrected chi connectivity index (χ2v) is 8.56. The molecule has 34 heavy (non-hydrogen) atoms. The summed E-state index contributed by atoms with van der Waals surface area (Å²) in [5, 5.41) is 4.92. The van der Waals surface area contributed by atoms with Gasteiger partial charge in [0.05, 0.1) is 28.6 Å². The van der Waals surface area contributed by atoms with E-state index in [0.717, 1.165) is 22.4 Å². The lowest BCUT2D eigenvalue weighted by Crippen LogP contribution is -1.95. The zero-order valence-electron chi connectivity index (χ0n) is 18.3. The third kappa shape index (κ3) is 2.57. The Morgan fingerprint density at radius 2 is 0.941 bits per heavy atom. The van der Waals surface area contributed by atoms with E-state index in [0.29, 0.717) is 5.69 Å². The van der Waals surface area contributed by atoms with Gasteiger partial charge in [-0.05, 0) is 48.5 Å². The normalized spacial score (nSPS) is 11.5. The Morgan fingerprint density at radius 1 is 0.441 bits per heavy atom. The summed E-state index contributed by atoms with van der Waals surface area (Å²) in [6, 6.07) is 40.2. The molecule has 0 bridgehead atoms. The van der Waals surface area contributed by atoms with Crippen LogP contribution >= 0.6 is 0 Å². The zero-order chi connectivity index (χ0) is 22.6. The molecule has 0 N–H and O–H groups in total. The Hall–Kier alpha value is -4.81. The summed E-state index contributed by atoms with van der Waals surface area (Å²) in [5.74, 6) is 0. The van der Waals surface area contributed by atoms with Crippen molar-refractivity contribution in [3.63, 3.8) is 0 Å². The maximum Gasteiger partial charge on any atom is 0.189 e. The highest BCUT2D eigenvalue weighted by atomic mass is 15.0. The van der Waals surface area contributed by atoms with Gasteiger partial charge >= 0.3 is 0 Å². The predicted molar refractivity (Wildman–Crippen MR) is 141 cm³/mol. The molecule has 0 amide bonds. The maximum atomic E-state index is 7.44. The Morgan fingerprint density at radius 3 is 1.53 bits per heavy atom. The lowest BCUT2D eigenvalue weighted by atomic mass is 10.1. The molecule has 0 unspecified atom stereocenters. The molecule has 158 valence electrons. The fourth-order valence-electron chi connectivity index (χ4n) is 5.28. The minimum Gasteiger partial charge on any atom is -0.311 e. The fourth-order valence-corrected chi connectivity index (χ4v) is 5.28. The average Bonchev–Trinajstić information content (AvgIpc) is 3.41. The highest BCUT2D eigenvalue weighted by molar-refractivity contribution is 6.12. The van der Waals surface area contributed by atoms with Gasteiger partial charge in [0.1, 0.15) is 0 Å². The van der Waals surface area contributed by atoms with E-state index >= 15 is 0 Å². The maximum absolute atomic E-state index is 7.44. The van der Waals surface area contributed by atoms with E-state index in [1.807, 2.05) is 18.2 Å². The van der Waals surface area contributed by atoms with E-state index in [4.69, 9.17) is 6.57 Å². The van der Waals surface area contributed by atoms with Crippen molar-refractivity contribution < 1.29 is 0 Å². The van der Waals surface area contributed by atoms with Crippen LogP contribution in [-0.2, 0) is 0 Å². The second-order valence-electron chi connectivity index (χ2n) is 8.56. The van der Waals surface area contributed by atoms with Gasteiger partial charge in [-0.25, -0.2) is 4.85 Å². The van der Waals surface area contributed by atoms with Gasteiger partial charge in [-0.1, -0.05) is 66.7 Å². The molecule has 0 saturated heterocycles. The van der Waals surface area contributed by atoms with Gasteiger partial charge in [-0.2, -0.15) is 0 Å². The first-order chi connectivity index (χ1) is 16.8. The van der Waals surface area contributed by atoms with E-state index in [1.54, 1.807) is 0 Å². The van der Waals surface area contributed by atoms with Gasteiger partial charge in [0.25, 0.3) is 0 Å². The van der Waals surface area contributed by atoms with Gasteiger partial charge < -0.3 is 9.13 Å². The lowest BCUT2D eigenvalue weighted by Gasteiger charge is -2.10. The molecule has 3 nitrogen and oxygen atoms in total. The summed E-state index contributed by atoms with van der Waals surface area (Å²) >= 11 is 0. The van der Waals surface area contributed by atoms with E-state index in [1.165, 1.54) is 32.6 Å². The quantitative estimate of drug-likeness (QED) is 0.243. The predicted octanol–water partition coefficient (Wildman–Crippen LogP) is 8.43. The summed E-state index contributed by atoms with van der Waals surface area (Å²) < 4.78 is 4.62. The van der Waals surface area contributed by atoms with Crippen LogP contribution in [0, 0.1) is 6.57 Å². The summed E-state index contributed by atoms with van der Waals surface area (Å²) in [4.78, 5) is 3.64. The molecule has 7 rings (SSSR count). The van der Waals surface area contributed by atoms with Crippen molar-refractivity contribution in [2.75, 3.05) is 0 Å². The van der Waals surface area contributed by atoms with Crippen LogP contribution in [0.3, 0.4) is 0 Å². The number of para-hydroxylation sites is 3. The highest BCUT2D eigenvalue weighted by Gasteiger charge is 2.16. The van der Waals surface area contributed by atoms with Crippen molar-refractivity contribution in [2.24, 2.45) is 0 Å². The minimum atomic E-state index is 0.644. The largest absolute Gasteiger partial charge is 0.311 e. The monoisotopic (exact) mass is 433 g/mol. The van der Waals surface area contributed by atoms with Crippen LogP contribution in [0.2, 0.25) is 0 Å². The molecule has 0 aliphatic heterocycles. The van der Waals surface area contributed by atoms with Crippen LogP contribution in [0.4, 0.5) is 5.69 Å². The van der Waals surface area contributed by atoms with E-state index < -0.39 is 0 Å². The summed E-state index contributed by atoms with van der Waals surface area (Å²) in [6.45, 7) is 7.44. The molecule has 0 spiro atoms. The smallest absolute Gasteiger partial charge is 0.189 e. The number of benzene rings is 5. The van der Waals surface area contributed by atoms with Crippen molar-refractivity contribution in [2.45, 2.75) is 0 Å². The molecule has 2 heterocycles. The molecule has 0 atom stereocenters. The van der Waals surface area contributed by atoms with Crippen LogP contribution in [-0.4, -0.2) is 9.13 Å². The molecular formula is C31H19N3. The third-order valence-corrected chi connectivity index (χ3v) is 6.71. The van der Waals surface area contributed by atoms with Gasteiger partial charge in [-0.15, -0.1) is 0 Å². The molecule has 5 aromatic carbocycles. The fraction of sp³-hybridized carbons (Fsp3) is 0. The zero-order valence-corrected chi connectivity index (χ0v) is 18.3.